The first-order valence-electron chi connectivity index (χ1n) is 9.96. The van der Waals surface area contributed by atoms with E-state index in [4.69, 9.17) is 5.73 Å². The third-order valence-corrected chi connectivity index (χ3v) is 4.83. The van der Waals surface area contributed by atoms with Gasteiger partial charge < -0.3 is 16.0 Å². The lowest BCUT2D eigenvalue weighted by Crippen LogP contribution is -2.41. The van der Waals surface area contributed by atoms with E-state index in [1.54, 1.807) is 0 Å². The molecule has 4 nitrogen and oxygen atoms in total. The molecule has 144 valence electrons. The molecule has 0 radical (unpaired) electrons. The third kappa shape index (κ3) is 5.26. The van der Waals surface area contributed by atoms with Crippen molar-refractivity contribution in [2.75, 3.05) is 17.6 Å². The smallest absolute Gasteiger partial charge is 0.245 e. The Morgan fingerprint density at radius 2 is 2.00 bits per heavy atom. The van der Waals surface area contributed by atoms with Crippen molar-refractivity contribution in [2.45, 2.75) is 66.5 Å². The minimum absolute atomic E-state index is 0.181. The van der Waals surface area contributed by atoms with Crippen LogP contribution in [-0.2, 0) is 11.3 Å². The molecule has 1 atom stereocenters. The molecule has 3 N–H and O–H groups in total. The quantitative estimate of drug-likeness (QED) is 0.682. The molecule has 0 saturated carbocycles. The van der Waals surface area contributed by atoms with Crippen LogP contribution in [0.3, 0.4) is 0 Å². The Morgan fingerprint density at radius 3 is 2.62 bits per heavy atom. The van der Waals surface area contributed by atoms with Gasteiger partial charge in [-0.15, -0.1) is 0 Å². The summed E-state index contributed by atoms with van der Waals surface area (Å²) in [4.78, 5) is 15.1. The largest absolute Gasteiger partial charge is 0.398 e. The number of benzene rings is 1. The fourth-order valence-corrected chi connectivity index (χ4v) is 3.32. The number of rotatable bonds is 7. The highest BCUT2D eigenvalue weighted by Crippen LogP contribution is 2.30. The van der Waals surface area contributed by atoms with Crippen LogP contribution in [0.2, 0.25) is 0 Å². The maximum absolute atomic E-state index is 13.1. The van der Waals surface area contributed by atoms with Crippen LogP contribution in [0.15, 0.2) is 18.2 Å². The monoisotopic (exact) mass is 357 g/mol. The molecular formula is C22H35N3O. The highest BCUT2D eigenvalue weighted by molar-refractivity contribution is 5.87. The van der Waals surface area contributed by atoms with Gasteiger partial charge in [0.15, 0.2) is 0 Å². The molecule has 0 bridgehead atoms. The predicted molar refractivity (Wildman–Crippen MR) is 112 cm³/mol. The Bertz CT molecular complexity index is 649. The number of nitrogens with two attached hydrogens (primary N) is 1. The number of hydrogen-bond donors (Lipinski definition) is 2. The summed E-state index contributed by atoms with van der Waals surface area (Å²) in [5, 5.41) is 3.49. The molecule has 0 spiro atoms. The Hall–Kier alpha value is -1.97. The average molecular weight is 358 g/mol. The van der Waals surface area contributed by atoms with E-state index < -0.39 is 0 Å². The predicted octanol–water partition coefficient (Wildman–Crippen LogP) is 4.91. The highest BCUT2D eigenvalue weighted by Gasteiger charge is 2.30. The lowest BCUT2D eigenvalue weighted by atomic mass is 10.0. The van der Waals surface area contributed by atoms with Gasteiger partial charge in [0.2, 0.25) is 5.91 Å². The number of nitrogens with zero attached hydrogens (tertiary/aromatic N) is 1. The van der Waals surface area contributed by atoms with Crippen LogP contribution in [0.25, 0.3) is 6.08 Å². The van der Waals surface area contributed by atoms with Gasteiger partial charge in [0, 0.05) is 24.5 Å². The van der Waals surface area contributed by atoms with Crippen LogP contribution in [0, 0.1) is 11.8 Å². The van der Waals surface area contributed by atoms with Gasteiger partial charge in [-0.25, -0.2) is 0 Å². The molecule has 2 rings (SSSR count). The van der Waals surface area contributed by atoms with E-state index in [2.05, 4.69) is 58.2 Å². The standard InChI is InChI=1S/C22H35N3O/c1-6-7-8-17-12-18-14-25(10-9-15(2)3)22(26)21(11-16(4)5)24-20(18)13-19(17)23/h7-8,12-13,15-16,21,24H,6,9-11,14,23H2,1-5H3/b8-7+/t21-/m0/s1. The fourth-order valence-electron chi connectivity index (χ4n) is 3.32. The van der Waals surface area contributed by atoms with Crippen molar-refractivity contribution in [3.8, 4) is 0 Å². The first kappa shape index (κ1) is 20.3. The summed E-state index contributed by atoms with van der Waals surface area (Å²) >= 11 is 0. The zero-order valence-electron chi connectivity index (χ0n) is 17.0. The number of nitrogens with one attached hydrogen (secondary N) is 1. The molecule has 1 amide bonds. The van der Waals surface area contributed by atoms with Gasteiger partial charge in [0.05, 0.1) is 0 Å². The summed E-state index contributed by atoms with van der Waals surface area (Å²) in [5.74, 6) is 1.24. The lowest BCUT2D eigenvalue weighted by Gasteiger charge is -2.26. The maximum atomic E-state index is 13.1. The van der Waals surface area contributed by atoms with Crippen LogP contribution in [0.1, 0.15) is 65.0 Å². The molecular weight excluding hydrogens is 322 g/mol. The Kier molecular flexibility index (Phi) is 7.13. The van der Waals surface area contributed by atoms with Gasteiger partial charge in [-0.3, -0.25) is 4.79 Å². The second kappa shape index (κ2) is 9.11. The Morgan fingerprint density at radius 1 is 1.27 bits per heavy atom. The summed E-state index contributed by atoms with van der Waals surface area (Å²) < 4.78 is 0. The van der Waals surface area contributed by atoms with Gasteiger partial charge >= 0.3 is 0 Å². The van der Waals surface area contributed by atoms with Crippen LogP contribution in [0.4, 0.5) is 11.4 Å². The van der Waals surface area contributed by atoms with Gasteiger partial charge in [-0.2, -0.15) is 0 Å². The summed E-state index contributed by atoms with van der Waals surface area (Å²) in [7, 11) is 0. The normalized spacial score (nSPS) is 17.7. The zero-order chi connectivity index (χ0) is 19.3. The molecule has 0 fully saturated rings. The van der Waals surface area contributed by atoms with Gasteiger partial charge in [-0.1, -0.05) is 46.8 Å². The molecule has 4 heteroatoms. The van der Waals surface area contributed by atoms with E-state index in [1.807, 2.05) is 11.0 Å². The lowest BCUT2D eigenvalue weighted by molar-refractivity contribution is -0.132. The van der Waals surface area contributed by atoms with Crippen LogP contribution in [-0.4, -0.2) is 23.4 Å². The van der Waals surface area contributed by atoms with Crippen LogP contribution < -0.4 is 11.1 Å². The molecule has 0 unspecified atom stereocenters. The number of allylic oxidation sites excluding steroid dienone is 1. The van der Waals surface area contributed by atoms with Crippen molar-refractivity contribution in [1.29, 1.82) is 0 Å². The van der Waals surface area contributed by atoms with Crippen molar-refractivity contribution in [3.63, 3.8) is 0 Å². The van der Waals surface area contributed by atoms with E-state index in [1.165, 1.54) is 0 Å². The topological polar surface area (TPSA) is 58.4 Å². The maximum Gasteiger partial charge on any atom is 0.245 e. The number of anilines is 2. The first-order chi connectivity index (χ1) is 12.3. The summed E-state index contributed by atoms with van der Waals surface area (Å²) in [6.07, 6.45) is 7.02. The molecule has 0 aromatic heterocycles. The van der Waals surface area contributed by atoms with Crippen LogP contribution >= 0.6 is 0 Å². The van der Waals surface area contributed by atoms with E-state index in [-0.39, 0.29) is 11.9 Å². The molecule has 1 aromatic carbocycles. The molecule has 1 aliphatic heterocycles. The first-order valence-corrected chi connectivity index (χ1v) is 9.96. The average Bonchev–Trinajstić information content (AvgIpc) is 2.68. The van der Waals surface area contributed by atoms with Crippen molar-refractivity contribution >= 4 is 23.4 Å². The molecule has 1 aliphatic rings. The second-order valence-electron chi connectivity index (χ2n) is 8.22. The van der Waals surface area contributed by atoms with E-state index >= 15 is 0 Å². The summed E-state index contributed by atoms with van der Waals surface area (Å²) in [5.41, 5.74) is 10.2. The fraction of sp³-hybridized carbons (Fsp3) is 0.591. The molecule has 0 aliphatic carbocycles. The van der Waals surface area contributed by atoms with Crippen molar-refractivity contribution in [2.24, 2.45) is 11.8 Å². The van der Waals surface area contributed by atoms with E-state index in [9.17, 15) is 4.79 Å². The molecule has 26 heavy (non-hydrogen) atoms. The minimum atomic E-state index is -0.181. The second-order valence-corrected chi connectivity index (χ2v) is 8.22. The molecule has 1 heterocycles. The van der Waals surface area contributed by atoms with Gasteiger partial charge in [-0.05, 0) is 54.4 Å². The number of carbonyl (C=O) groups is 1. The zero-order valence-corrected chi connectivity index (χ0v) is 17.0. The summed E-state index contributed by atoms with van der Waals surface area (Å²) in [6.45, 7) is 12.3. The van der Waals surface area contributed by atoms with Crippen molar-refractivity contribution < 1.29 is 4.79 Å². The van der Waals surface area contributed by atoms with Crippen LogP contribution in [0.5, 0.6) is 0 Å². The van der Waals surface area contributed by atoms with Gasteiger partial charge in [0.1, 0.15) is 6.04 Å². The highest BCUT2D eigenvalue weighted by atomic mass is 16.2. The number of amides is 1. The molecule has 1 aromatic rings. The third-order valence-electron chi connectivity index (χ3n) is 4.83. The summed E-state index contributed by atoms with van der Waals surface area (Å²) in [6, 6.07) is 3.95. The Balaban J connectivity index is 2.38. The van der Waals surface area contributed by atoms with Crippen molar-refractivity contribution in [1.82, 2.24) is 4.90 Å². The number of carbonyl (C=O) groups excluding carboxylic acids is 1. The van der Waals surface area contributed by atoms with E-state index in [0.29, 0.717) is 18.4 Å². The van der Waals surface area contributed by atoms with Crippen molar-refractivity contribution in [3.05, 3.63) is 29.3 Å². The molecule has 0 saturated heterocycles. The number of fused-ring (bicyclic) bond motifs is 1. The SMILES string of the molecule is CC/C=C/c1cc2c(cc1N)N[C@@H](CC(C)C)C(=O)N(CCC(C)C)C2. The number of hydrogen-bond acceptors (Lipinski definition) is 3. The number of nitrogen functional groups attached to an aromatic ring is 1. The minimum Gasteiger partial charge on any atom is -0.398 e. The van der Waals surface area contributed by atoms with E-state index in [0.717, 1.165) is 48.3 Å². The Labute approximate surface area is 158 Å². The van der Waals surface area contributed by atoms with Gasteiger partial charge in [0.25, 0.3) is 0 Å².